The minimum absolute atomic E-state index is 0.0206. The molecule has 0 fully saturated rings. The Bertz CT molecular complexity index is 191. The Morgan fingerprint density at radius 1 is 0.875 bits per heavy atom. The lowest BCUT2D eigenvalue weighted by Gasteiger charge is -2.10. The van der Waals surface area contributed by atoms with Gasteiger partial charge in [-0.3, -0.25) is 9.59 Å². The molecule has 0 heterocycles. The van der Waals surface area contributed by atoms with Crippen LogP contribution in [-0.2, 0) is 19.1 Å². The number of carbonyl (C=O) groups excluding carboxylic acids is 2. The van der Waals surface area contributed by atoms with Gasteiger partial charge in [-0.2, -0.15) is 0 Å². The van der Waals surface area contributed by atoms with Gasteiger partial charge in [0.25, 0.3) is 0 Å². The Kier molecular flexibility index (Phi) is 8.58. The van der Waals surface area contributed by atoms with Gasteiger partial charge in [-0.1, -0.05) is 26.7 Å². The summed E-state index contributed by atoms with van der Waals surface area (Å²) in [4.78, 5) is 22.7. The van der Waals surface area contributed by atoms with Gasteiger partial charge >= 0.3 is 11.9 Å². The number of hydrogen-bond acceptors (Lipinski definition) is 4. The molecule has 0 N–H and O–H groups in total. The zero-order valence-corrected chi connectivity index (χ0v) is 10.4. The van der Waals surface area contributed by atoms with Crippen LogP contribution in [0.5, 0.6) is 0 Å². The molecular weight excluding hydrogens is 208 g/mol. The van der Waals surface area contributed by atoms with E-state index in [0.717, 1.165) is 25.7 Å². The third kappa shape index (κ3) is 6.43. The zero-order chi connectivity index (χ0) is 12.4. The van der Waals surface area contributed by atoms with Crippen molar-refractivity contribution in [3.05, 3.63) is 5.92 Å². The van der Waals surface area contributed by atoms with Crippen LogP contribution in [0.15, 0.2) is 0 Å². The number of ether oxygens (including phenoxy) is 2. The first-order valence-electron chi connectivity index (χ1n) is 5.81. The molecule has 4 nitrogen and oxygen atoms in total. The van der Waals surface area contributed by atoms with E-state index in [4.69, 9.17) is 9.47 Å². The van der Waals surface area contributed by atoms with Gasteiger partial charge in [-0.25, -0.2) is 0 Å². The minimum atomic E-state index is -0.574. The Hall–Kier alpha value is -1.06. The third-order valence-corrected chi connectivity index (χ3v) is 2.07. The quantitative estimate of drug-likeness (QED) is 0.364. The van der Waals surface area contributed by atoms with Crippen LogP contribution in [0.3, 0.4) is 0 Å². The molecule has 0 saturated heterocycles. The smallest absolute Gasteiger partial charge is 0.325 e. The second-order valence-corrected chi connectivity index (χ2v) is 3.60. The largest absolute Gasteiger partial charge is 0.465 e. The minimum Gasteiger partial charge on any atom is -0.465 e. The van der Waals surface area contributed by atoms with Crippen LogP contribution in [-0.4, -0.2) is 25.2 Å². The van der Waals surface area contributed by atoms with Crippen molar-refractivity contribution in [2.45, 2.75) is 46.5 Å². The van der Waals surface area contributed by atoms with Crippen molar-refractivity contribution in [1.29, 1.82) is 0 Å². The van der Waals surface area contributed by atoms with E-state index in [-0.39, 0.29) is 5.92 Å². The van der Waals surface area contributed by atoms with Crippen molar-refractivity contribution in [1.82, 2.24) is 0 Å². The average molecular weight is 229 g/mol. The highest BCUT2D eigenvalue weighted by Crippen LogP contribution is 2.06. The zero-order valence-electron chi connectivity index (χ0n) is 10.4. The molecule has 0 bridgehead atoms. The molecule has 0 amide bonds. The number of carbonyl (C=O) groups is 2. The van der Waals surface area contributed by atoms with Crippen LogP contribution in [0, 0.1) is 5.92 Å². The van der Waals surface area contributed by atoms with E-state index >= 15 is 0 Å². The van der Waals surface area contributed by atoms with E-state index in [0.29, 0.717) is 13.2 Å². The molecule has 93 valence electrons. The number of esters is 2. The molecule has 1 radical (unpaired) electrons. The Morgan fingerprint density at radius 3 is 1.56 bits per heavy atom. The number of rotatable bonds is 8. The summed E-state index contributed by atoms with van der Waals surface area (Å²) in [7, 11) is 0. The van der Waals surface area contributed by atoms with Crippen LogP contribution >= 0.6 is 0 Å². The molecule has 0 unspecified atom stereocenters. The lowest BCUT2D eigenvalue weighted by Crippen LogP contribution is -2.24. The number of unbranched alkanes of at least 4 members (excludes halogenated alkanes) is 2. The summed E-state index contributed by atoms with van der Waals surface area (Å²) in [6.07, 6.45) is 3.52. The molecular formula is C12H21O4. The summed E-state index contributed by atoms with van der Waals surface area (Å²) < 4.78 is 9.79. The van der Waals surface area contributed by atoms with Gasteiger partial charge in [0.2, 0.25) is 0 Å². The molecule has 0 aromatic rings. The maximum Gasteiger partial charge on any atom is 0.325 e. The van der Waals surface area contributed by atoms with Gasteiger partial charge in [0.05, 0.1) is 13.2 Å². The standard InChI is InChI=1S/C12H21O4/c1-4-6-8-15-11(13)10(3)12(14)16-9-7-5-2/h4-9H2,1-3H3. The molecule has 0 aliphatic heterocycles. The first-order chi connectivity index (χ1) is 7.63. The van der Waals surface area contributed by atoms with Crippen LogP contribution in [0.2, 0.25) is 0 Å². The summed E-state index contributed by atoms with van der Waals surface area (Å²) >= 11 is 0. The highest BCUT2D eigenvalue weighted by molar-refractivity contribution is 6.09. The van der Waals surface area contributed by atoms with Gasteiger partial charge in [-0.05, 0) is 19.8 Å². The molecule has 0 aromatic carbocycles. The summed E-state index contributed by atoms with van der Waals surface area (Å²) in [6.45, 7) is 6.15. The normalized spacial score (nSPS) is 10.2. The Labute approximate surface area is 97.3 Å². The van der Waals surface area contributed by atoms with Crippen molar-refractivity contribution in [3.63, 3.8) is 0 Å². The van der Waals surface area contributed by atoms with Crippen LogP contribution in [0.25, 0.3) is 0 Å². The van der Waals surface area contributed by atoms with E-state index < -0.39 is 11.9 Å². The molecule has 0 saturated carbocycles. The topological polar surface area (TPSA) is 52.6 Å². The first-order valence-corrected chi connectivity index (χ1v) is 5.81. The van der Waals surface area contributed by atoms with Gasteiger partial charge in [-0.15, -0.1) is 0 Å². The highest BCUT2D eigenvalue weighted by atomic mass is 16.6. The van der Waals surface area contributed by atoms with E-state index in [1.165, 1.54) is 6.92 Å². The second kappa shape index (κ2) is 9.19. The fraction of sp³-hybridized carbons (Fsp3) is 0.750. The third-order valence-electron chi connectivity index (χ3n) is 2.07. The summed E-state index contributed by atoms with van der Waals surface area (Å²) in [5, 5.41) is 0. The molecule has 0 aromatic heterocycles. The van der Waals surface area contributed by atoms with Crippen molar-refractivity contribution in [2.75, 3.05) is 13.2 Å². The van der Waals surface area contributed by atoms with Gasteiger partial charge < -0.3 is 9.47 Å². The molecule has 0 spiro atoms. The van der Waals surface area contributed by atoms with Crippen molar-refractivity contribution in [2.24, 2.45) is 0 Å². The van der Waals surface area contributed by atoms with Crippen molar-refractivity contribution >= 4 is 11.9 Å². The molecule has 0 rings (SSSR count). The van der Waals surface area contributed by atoms with E-state index in [2.05, 4.69) is 0 Å². The summed E-state index contributed by atoms with van der Waals surface area (Å²) in [5.41, 5.74) is 0. The van der Waals surface area contributed by atoms with Gasteiger partial charge in [0, 0.05) is 0 Å². The maximum atomic E-state index is 11.3. The van der Waals surface area contributed by atoms with Crippen molar-refractivity contribution < 1.29 is 19.1 Å². The molecule has 4 heteroatoms. The maximum absolute atomic E-state index is 11.3. The average Bonchev–Trinajstić information content (AvgIpc) is 2.28. The van der Waals surface area contributed by atoms with Crippen LogP contribution < -0.4 is 0 Å². The summed E-state index contributed by atoms with van der Waals surface area (Å²) in [6, 6.07) is 0. The lowest BCUT2D eigenvalue weighted by atomic mass is 10.2. The van der Waals surface area contributed by atoms with Gasteiger partial charge in [0.1, 0.15) is 0 Å². The second-order valence-electron chi connectivity index (χ2n) is 3.60. The van der Waals surface area contributed by atoms with Crippen molar-refractivity contribution in [3.8, 4) is 0 Å². The van der Waals surface area contributed by atoms with Crippen LogP contribution in [0.4, 0.5) is 0 Å². The lowest BCUT2D eigenvalue weighted by molar-refractivity contribution is -0.151. The van der Waals surface area contributed by atoms with Crippen LogP contribution in [0.1, 0.15) is 46.5 Å². The fourth-order valence-corrected chi connectivity index (χ4v) is 0.918. The molecule has 16 heavy (non-hydrogen) atoms. The molecule has 0 aliphatic carbocycles. The van der Waals surface area contributed by atoms with E-state index in [9.17, 15) is 9.59 Å². The predicted molar refractivity (Wildman–Crippen MR) is 60.7 cm³/mol. The molecule has 0 aliphatic rings. The van der Waals surface area contributed by atoms with E-state index in [1.807, 2.05) is 13.8 Å². The molecule has 0 atom stereocenters. The SMILES string of the molecule is CCCCOC(=O)[C](C)C(=O)OCCCC. The van der Waals surface area contributed by atoms with Gasteiger partial charge in [0.15, 0.2) is 5.92 Å². The highest BCUT2D eigenvalue weighted by Gasteiger charge is 2.25. The van der Waals surface area contributed by atoms with E-state index in [1.54, 1.807) is 0 Å². The Balaban J connectivity index is 3.78. The predicted octanol–water partition coefficient (Wildman–Crippen LogP) is 2.27. The summed E-state index contributed by atoms with van der Waals surface area (Å²) in [5.74, 6) is -1.13. The fourth-order valence-electron chi connectivity index (χ4n) is 0.918. The monoisotopic (exact) mass is 229 g/mol. The Morgan fingerprint density at radius 2 is 1.25 bits per heavy atom. The number of hydrogen-bond donors (Lipinski definition) is 0. The first kappa shape index (κ1) is 14.9.